The number of piperazine rings is 1. The van der Waals surface area contributed by atoms with Crippen LogP contribution in [0.5, 0.6) is 0 Å². The maximum atomic E-state index is 11.6. The molecule has 1 aliphatic heterocycles. The number of amides is 2. The van der Waals surface area contributed by atoms with Gasteiger partial charge in [0.1, 0.15) is 6.04 Å². The molecule has 0 aliphatic carbocycles. The molecule has 2 amide bonds. The van der Waals surface area contributed by atoms with Gasteiger partial charge < -0.3 is 10.2 Å². The number of nitrogens with zero attached hydrogens (tertiary/aromatic N) is 1. The summed E-state index contributed by atoms with van der Waals surface area (Å²) in [6, 6.07) is 7.88. The van der Waals surface area contributed by atoms with Gasteiger partial charge in [-0.05, 0) is 38.6 Å². The first kappa shape index (κ1) is 13.5. The largest absolute Gasteiger partial charge is 0.350 e. The lowest BCUT2D eigenvalue weighted by atomic mass is 10.1. The van der Waals surface area contributed by atoms with Crippen LogP contribution in [-0.4, -0.2) is 31.4 Å². The van der Waals surface area contributed by atoms with Gasteiger partial charge in [0.15, 0.2) is 0 Å². The molecule has 0 saturated carbocycles. The average Bonchev–Trinajstić information content (AvgIpc) is 2.42. The summed E-state index contributed by atoms with van der Waals surface area (Å²) in [4.78, 5) is 24.9. The number of carbonyl (C=O) groups is 2. The van der Waals surface area contributed by atoms with Crippen LogP contribution in [0.25, 0.3) is 0 Å². The molecule has 1 heterocycles. The van der Waals surface area contributed by atoms with Crippen molar-refractivity contribution in [3.8, 4) is 0 Å². The molecule has 5 heteroatoms. The topological polar surface area (TPSA) is 61.4 Å². The summed E-state index contributed by atoms with van der Waals surface area (Å²) < 4.78 is 0. The molecule has 0 bridgehead atoms. The Labute approximate surface area is 113 Å². The van der Waals surface area contributed by atoms with E-state index < -0.39 is 0 Å². The van der Waals surface area contributed by atoms with Crippen molar-refractivity contribution in [3.63, 3.8) is 0 Å². The van der Waals surface area contributed by atoms with E-state index in [-0.39, 0.29) is 30.4 Å². The Bertz CT molecular complexity index is 484. The fourth-order valence-corrected chi connectivity index (χ4v) is 2.15. The molecule has 2 atom stereocenters. The van der Waals surface area contributed by atoms with Crippen LogP contribution < -0.4 is 15.5 Å². The average molecular weight is 261 g/mol. The first-order chi connectivity index (χ1) is 9.02. The molecular weight excluding hydrogens is 242 g/mol. The van der Waals surface area contributed by atoms with Gasteiger partial charge in [0.05, 0.1) is 6.54 Å². The second-order valence-electron chi connectivity index (χ2n) is 4.82. The van der Waals surface area contributed by atoms with Gasteiger partial charge in [0.25, 0.3) is 0 Å². The molecule has 2 unspecified atom stereocenters. The normalized spacial score (nSPS) is 21.2. The second-order valence-corrected chi connectivity index (χ2v) is 4.82. The van der Waals surface area contributed by atoms with Gasteiger partial charge in [0.2, 0.25) is 11.8 Å². The van der Waals surface area contributed by atoms with E-state index in [9.17, 15) is 9.59 Å². The van der Waals surface area contributed by atoms with Gasteiger partial charge in [-0.3, -0.25) is 14.9 Å². The molecule has 0 radical (unpaired) electrons. The minimum atomic E-state index is -0.328. The van der Waals surface area contributed by atoms with Gasteiger partial charge in [-0.15, -0.1) is 0 Å². The number of carbonyl (C=O) groups excluding carboxylic acids is 2. The van der Waals surface area contributed by atoms with Crippen molar-refractivity contribution in [2.24, 2.45) is 0 Å². The lowest BCUT2D eigenvalue weighted by Gasteiger charge is -2.33. The van der Waals surface area contributed by atoms with E-state index in [1.54, 1.807) is 6.92 Å². The van der Waals surface area contributed by atoms with Crippen LogP contribution in [0.4, 0.5) is 5.69 Å². The van der Waals surface area contributed by atoms with Gasteiger partial charge >= 0.3 is 0 Å². The number of rotatable bonds is 3. The maximum Gasteiger partial charge on any atom is 0.249 e. The molecule has 2 rings (SSSR count). The van der Waals surface area contributed by atoms with E-state index in [2.05, 4.69) is 17.6 Å². The number of hydrogen-bond acceptors (Lipinski definition) is 4. The molecule has 1 fully saturated rings. The summed E-state index contributed by atoms with van der Waals surface area (Å²) in [5, 5.41) is 5.51. The van der Waals surface area contributed by atoms with Crippen LogP contribution in [-0.2, 0) is 9.59 Å². The molecule has 0 aromatic heterocycles. The Morgan fingerprint density at radius 2 is 1.95 bits per heavy atom. The molecule has 0 spiro atoms. The van der Waals surface area contributed by atoms with E-state index in [0.29, 0.717) is 0 Å². The number of anilines is 1. The third-order valence-electron chi connectivity index (χ3n) is 3.58. The van der Waals surface area contributed by atoms with Crippen molar-refractivity contribution in [2.45, 2.75) is 25.9 Å². The molecular formula is C14H19N3O2. The van der Waals surface area contributed by atoms with Gasteiger partial charge in [-0.1, -0.05) is 12.1 Å². The zero-order valence-corrected chi connectivity index (χ0v) is 11.4. The van der Waals surface area contributed by atoms with Gasteiger partial charge in [-0.2, -0.15) is 0 Å². The SMILES string of the molecule is CNC(C)c1ccc(N2CC(=O)NC(=O)C2C)cc1. The summed E-state index contributed by atoms with van der Waals surface area (Å²) in [7, 11) is 1.91. The van der Waals surface area contributed by atoms with Crippen LogP contribution in [0.15, 0.2) is 24.3 Å². The zero-order valence-electron chi connectivity index (χ0n) is 11.4. The van der Waals surface area contributed by atoms with E-state index >= 15 is 0 Å². The van der Waals surface area contributed by atoms with Gasteiger partial charge in [-0.25, -0.2) is 0 Å². The molecule has 1 aliphatic rings. The minimum absolute atomic E-state index is 0.216. The van der Waals surface area contributed by atoms with Crippen molar-refractivity contribution in [3.05, 3.63) is 29.8 Å². The highest BCUT2D eigenvalue weighted by Gasteiger charge is 2.30. The smallest absolute Gasteiger partial charge is 0.249 e. The molecule has 1 aromatic carbocycles. The van der Waals surface area contributed by atoms with Crippen molar-refractivity contribution >= 4 is 17.5 Å². The van der Waals surface area contributed by atoms with Crippen LogP contribution in [0, 0.1) is 0 Å². The Kier molecular flexibility index (Phi) is 3.85. The molecule has 19 heavy (non-hydrogen) atoms. The van der Waals surface area contributed by atoms with Crippen molar-refractivity contribution in [1.29, 1.82) is 0 Å². The maximum absolute atomic E-state index is 11.6. The molecule has 1 saturated heterocycles. The number of imide groups is 1. The number of hydrogen-bond donors (Lipinski definition) is 2. The first-order valence-corrected chi connectivity index (χ1v) is 6.40. The highest BCUT2D eigenvalue weighted by Crippen LogP contribution is 2.22. The third-order valence-corrected chi connectivity index (χ3v) is 3.58. The van der Waals surface area contributed by atoms with E-state index in [4.69, 9.17) is 0 Å². The predicted molar refractivity (Wildman–Crippen MR) is 73.9 cm³/mol. The summed E-state index contributed by atoms with van der Waals surface area (Å²) >= 11 is 0. The Balaban J connectivity index is 2.21. The van der Waals surface area contributed by atoms with Crippen LogP contribution in [0.2, 0.25) is 0 Å². The Morgan fingerprint density at radius 3 is 2.53 bits per heavy atom. The fourth-order valence-electron chi connectivity index (χ4n) is 2.15. The third kappa shape index (κ3) is 2.76. The van der Waals surface area contributed by atoms with Crippen LogP contribution in [0.3, 0.4) is 0 Å². The standard InChI is InChI=1S/C14H19N3O2/c1-9(15-3)11-4-6-12(7-5-11)17-8-13(18)16-14(19)10(17)2/h4-7,9-10,15H,8H2,1-3H3,(H,16,18,19). The van der Waals surface area contributed by atoms with E-state index in [0.717, 1.165) is 5.69 Å². The number of nitrogens with one attached hydrogen (secondary N) is 2. The van der Waals surface area contributed by atoms with Crippen LogP contribution in [0.1, 0.15) is 25.5 Å². The van der Waals surface area contributed by atoms with Gasteiger partial charge in [0, 0.05) is 11.7 Å². The summed E-state index contributed by atoms with van der Waals surface area (Å²) in [5.41, 5.74) is 2.06. The molecule has 102 valence electrons. The van der Waals surface area contributed by atoms with Crippen molar-refractivity contribution in [1.82, 2.24) is 10.6 Å². The monoisotopic (exact) mass is 261 g/mol. The summed E-state index contributed by atoms with van der Waals surface area (Å²) in [6.45, 7) is 4.09. The lowest BCUT2D eigenvalue weighted by molar-refractivity contribution is -0.132. The van der Waals surface area contributed by atoms with E-state index in [1.165, 1.54) is 5.56 Å². The predicted octanol–water partition coefficient (Wildman–Crippen LogP) is 0.818. The number of benzene rings is 1. The molecule has 1 aromatic rings. The minimum Gasteiger partial charge on any atom is -0.350 e. The second kappa shape index (κ2) is 5.40. The quantitative estimate of drug-likeness (QED) is 0.791. The molecule has 5 nitrogen and oxygen atoms in total. The highest BCUT2D eigenvalue weighted by molar-refractivity contribution is 6.04. The summed E-state index contributed by atoms with van der Waals surface area (Å²) in [5.74, 6) is -0.500. The highest BCUT2D eigenvalue weighted by atomic mass is 16.2. The summed E-state index contributed by atoms with van der Waals surface area (Å²) in [6.07, 6.45) is 0. The van der Waals surface area contributed by atoms with Crippen LogP contribution >= 0.6 is 0 Å². The first-order valence-electron chi connectivity index (χ1n) is 6.40. The lowest BCUT2D eigenvalue weighted by Crippen LogP contribution is -2.57. The van der Waals surface area contributed by atoms with Crippen molar-refractivity contribution in [2.75, 3.05) is 18.5 Å². The Hall–Kier alpha value is -1.88. The van der Waals surface area contributed by atoms with Crippen molar-refractivity contribution < 1.29 is 9.59 Å². The zero-order chi connectivity index (χ0) is 14.0. The molecule has 2 N–H and O–H groups in total. The Morgan fingerprint density at radius 1 is 1.32 bits per heavy atom. The van der Waals surface area contributed by atoms with E-state index in [1.807, 2.05) is 36.2 Å². The fraction of sp³-hybridized carbons (Fsp3) is 0.429.